The number of amides is 1. The van der Waals surface area contributed by atoms with Gasteiger partial charge in [-0.25, -0.2) is 0 Å². The van der Waals surface area contributed by atoms with Crippen LogP contribution >= 0.6 is 24.0 Å². The number of halogens is 2. The lowest BCUT2D eigenvalue weighted by molar-refractivity contribution is -0.384. The van der Waals surface area contributed by atoms with Crippen LogP contribution in [0.25, 0.3) is 0 Å². The quantitative estimate of drug-likeness (QED) is 0.659. The first-order chi connectivity index (χ1) is 9.99. The maximum absolute atomic E-state index is 12.2. The maximum Gasteiger partial charge on any atom is 0.269 e. The first-order valence-electron chi connectivity index (χ1n) is 6.48. The SMILES string of the molecule is CN(Cc1cc([N+](=O)[O-])ccc1Cl)C(=O)C1COCCN1.Cl. The topological polar surface area (TPSA) is 84.7 Å². The van der Waals surface area contributed by atoms with Crippen LogP contribution in [0.2, 0.25) is 5.02 Å². The molecule has 1 amide bonds. The molecule has 7 nitrogen and oxygen atoms in total. The van der Waals surface area contributed by atoms with Gasteiger partial charge >= 0.3 is 0 Å². The van der Waals surface area contributed by atoms with Gasteiger partial charge in [0.15, 0.2) is 0 Å². The molecule has 1 unspecified atom stereocenters. The molecule has 1 saturated heterocycles. The summed E-state index contributed by atoms with van der Waals surface area (Å²) in [4.78, 5) is 24.0. The van der Waals surface area contributed by atoms with Gasteiger partial charge in [-0.1, -0.05) is 11.6 Å². The molecule has 1 aromatic carbocycles. The third kappa shape index (κ3) is 4.54. The molecule has 0 saturated carbocycles. The Bertz CT molecular complexity index is 550. The molecule has 122 valence electrons. The van der Waals surface area contributed by atoms with Gasteiger partial charge in [-0.05, 0) is 11.6 Å². The van der Waals surface area contributed by atoms with E-state index in [-0.39, 0.29) is 36.6 Å². The minimum atomic E-state index is -0.488. The third-order valence-electron chi connectivity index (χ3n) is 3.24. The van der Waals surface area contributed by atoms with Crippen LogP contribution in [-0.4, -0.2) is 48.6 Å². The van der Waals surface area contributed by atoms with Crippen molar-refractivity contribution < 1.29 is 14.5 Å². The van der Waals surface area contributed by atoms with Gasteiger partial charge in [0.05, 0.1) is 18.1 Å². The molecule has 0 spiro atoms. The van der Waals surface area contributed by atoms with Crippen molar-refractivity contribution in [2.45, 2.75) is 12.6 Å². The highest BCUT2D eigenvalue weighted by atomic mass is 35.5. The van der Waals surface area contributed by atoms with Crippen molar-refractivity contribution in [3.05, 3.63) is 38.9 Å². The molecule has 1 atom stereocenters. The number of rotatable bonds is 4. The van der Waals surface area contributed by atoms with Gasteiger partial charge in [-0.2, -0.15) is 0 Å². The largest absolute Gasteiger partial charge is 0.378 e. The van der Waals surface area contributed by atoms with Gasteiger partial charge in [-0.3, -0.25) is 14.9 Å². The van der Waals surface area contributed by atoms with E-state index in [9.17, 15) is 14.9 Å². The van der Waals surface area contributed by atoms with E-state index in [1.807, 2.05) is 0 Å². The molecule has 2 rings (SSSR count). The van der Waals surface area contributed by atoms with Crippen LogP contribution in [0.4, 0.5) is 5.69 Å². The second-order valence-electron chi connectivity index (χ2n) is 4.81. The standard InChI is InChI=1S/C13H16ClN3O4.ClH/c1-16(13(18)12-8-21-5-4-15-12)7-9-6-10(17(19)20)2-3-11(9)14;/h2-3,6,12,15H,4-5,7-8H2,1H3;1H. The zero-order valence-corrected chi connectivity index (χ0v) is 13.5. The summed E-state index contributed by atoms with van der Waals surface area (Å²) >= 11 is 6.03. The highest BCUT2D eigenvalue weighted by Crippen LogP contribution is 2.23. The molecule has 0 aromatic heterocycles. The molecule has 0 bridgehead atoms. The monoisotopic (exact) mass is 349 g/mol. The fraction of sp³-hybridized carbons (Fsp3) is 0.462. The number of nitro benzene ring substituents is 1. The Hall–Kier alpha value is -1.41. The summed E-state index contributed by atoms with van der Waals surface area (Å²) in [6.07, 6.45) is 0. The third-order valence-corrected chi connectivity index (χ3v) is 3.61. The number of nitro groups is 1. The number of nitrogens with one attached hydrogen (secondary N) is 1. The Morgan fingerprint density at radius 3 is 2.91 bits per heavy atom. The summed E-state index contributed by atoms with van der Waals surface area (Å²) in [5.74, 6) is -0.128. The van der Waals surface area contributed by atoms with Gasteiger partial charge in [0.1, 0.15) is 6.04 Å². The summed E-state index contributed by atoms with van der Waals surface area (Å²) in [7, 11) is 1.63. The number of morpholine rings is 1. The van der Waals surface area contributed by atoms with Crippen molar-refractivity contribution in [1.82, 2.24) is 10.2 Å². The molecule has 22 heavy (non-hydrogen) atoms. The summed E-state index contributed by atoms with van der Waals surface area (Å²) in [5, 5.41) is 14.3. The number of hydrogen-bond acceptors (Lipinski definition) is 5. The first-order valence-corrected chi connectivity index (χ1v) is 6.85. The second-order valence-corrected chi connectivity index (χ2v) is 5.22. The minimum Gasteiger partial charge on any atom is -0.378 e. The number of nitrogens with zero attached hydrogens (tertiary/aromatic N) is 2. The van der Waals surface area contributed by atoms with E-state index < -0.39 is 4.92 Å². The number of ether oxygens (including phenoxy) is 1. The second kappa shape index (κ2) is 8.28. The Morgan fingerprint density at radius 2 is 2.32 bits per heavy atom. The molecule has 1 aliphatic rings. The van der Waals surface area contributed by atoms with Gasteiger partial charge in [0, 0.05) is 37.3 Å². The highest BCUT2D eigenvalue weighted by molar-refractivity contribution is 6.31. The molecular weight excluding hydrogens is 333 g/mol. The lowest BCUT2D eigenvalue weighted by atomic mass is 10.1. The Labute approximate surface area is 139 Å². The van der Waals surface area contributed by atoms with E-state index in [0.29, 0.717) is 30.3 Å². The number of non-ortho nitro benzene ring substituents is 1. The molecule has 1 aliphatic heterocycles. The fourth-order valence-electron chi connectivity index (χ4n) is 2.12. The van der Waals surface area contributed by atoms with E-state index >= 15 is 0 Å². The fourth-order valence-corrected chi connectivity index (χ4v) is 2.30. The summed E-state index contributed by atoms with van der Waals surface area (Å²) in [6.45, 7) is 1.75. The molecule has 0 aliphatic carbocycles. The average Bonchev–Trinajstić information content (AvgIpc) is 2.49. The van der Waals surface area contributed by atoms with Gasteiger partial charge in [0.25, 0.3) is 5.69 Å². The van der Waals surface area contributed by atoms with Crippen LogP contribution in [0.3, 0.4) is 0 Å². The highest BCUT2D eigenvalue weighted by Gasteiger charge is 2.25. The van der Waals surface area contributed by atoms with E-state index in [1.165, 1.54) is 23.1 Å². The van der Waals surface area contributed by atoms with Crippen molar-refractivity contribution in [2.75, 3.05) is 26.8 Å². The van der Waals surface area contributed by atoms with E-state index in [2.05, 4.69) is 5.32 Å². The van der Waals surface area contributed by atoms with Crippen LogP contribution in [0.15, 0.2) is 18.2 Å². The van der Waals surface area contributed by atoms with Crippen LogP contribution in [-0.2, 0) is 16.1 Å². The van der Waals surface area contributed by atoms with E-state index in [0.717, 1.165) is 0 Å². The predicted octanol–water partition coefficient (Wildman–Crippen LogP) is 1.62. The summed E-state index contributed by atoms with van der Waals surface area (Å²) in [6, 6.07) is 3.80. The zero-order valence-electron chi connectivity index (χ0n) is 12.0. The van der Waals surface area contributed by atoms with Crippen LogP contribution in [0, 0.1) is 10.1 Å². The number of carbonyl (C=O) groups excluding carboxylic acids is 1. The zero-order chi connectivity index (χ0) is 15.4. The summed E-state index contributed by atoms with van der Waals surface area (Å²) < 4.78 is 5.25. The molecule has 1 heterocycles. The number of benzene rings is 1. The Morgan fingerprint density at radius 1 is 1.59 bits per heavy atom. The summed E-state index contributed by atoms with van der Waals surface area (Å²) in [5.41, 5.74) is 0.493. The van der Waals surface area contributed by atoms with Crippen molar-refractivity contribution >= 4 is 35.6 Å². The number of carbonyl (C=O) groups is 1. The normalized spacial score (nSPS) is 17.5. The van der Waals surface area contributed by atoms with E-state index in [4.69, 9.17) is 16.3 Å². The van der Waals surface area contributed by atoms with Crippen molar-refractivity contribution in [1.29, 1.82) is 0 Å². The van der Waals surface area contributed by atoms with Gasteiger partial charge in [0.2, 0.25) is 5.91 Å². The molecule has 1 fully saturated rings. The number of hydrogen-bond donors (Lipinski definition) is 1. The van der Waals surface area contributed by atoms with Crippen LogP contribution in [0.5, 0.6) is 0 Å². The lowest BCUT2D eigenvalue weighted by Gasteiger charge is -2.27. The lowest BCUT2D eigenvalue weighted by Crippen LogP contribution is -2.51. The maximum atomic E-state index is 12.2. The van der Waals surface area contributed by atoms with E-state index in [1.54, 1.807) is 7.05 Å². The van der Waals surface area contributed by atoms with Crippen molar-refractivity contribution in [2.24, 2.45) is 0 Å². The molecule has 1 aromatic rings. The molecule has 1 N–H and O–H groups in total. The predicted molar refractivity (Wildman–Crippen MR) is 84.4 cm³/mol. The Balaban J connectivity index is 0.00000242. The van der Waals surface area contributed by atoms with Crippen molar-refractivity contribution in [3.63, 3.8) is 0 Å². The Kier molecular flexibility index (Phi) is 7.02. The first kappa shape index (κ1) is 18.6. The van der Waals surface area contributed by atoms with Crippen LogP contribution < -0.4 is 5.32 Å². The average molecular weight is 350 g/mol. The molecule has 0 radical (unpaired) electrons. The molecule has 9 heteroatoms. The smallest absolute Gasteiger partial charge is 0.269 e. The number of likely N-dealkylation sites (N-methyl/N-ethyl adjacent to an activating group) is 1. The minimum absolute atomic E-state index is 0. The molecular formula is C13H17Cl2N3O4. The van der Waals surface area contributed by atoms with Crippen LogP contribution in [0.1, 0.15) is 5.56 Å². The van der Waals surface area contributed by atoms with Gasteiger partial charge in [-0.15, -0.1) is 12.4 Å². The van der Waals surface area contributed by atoms with Crippen molar-refractivity contribution in [3.8, 4) is 0 Å². The van der Waals surface area contributed by atoms with Gasteiger partial charge < -0.3 is 15.0 Å².